The molecular weight excluding hydrogens is 214 g/mol. The summed E-state index contributed by atoms with van der Waals surface area (Å²) in [7, 11) is 0. The van der Waals surface area contributed by atoms with Crippen molar-refractivity contribution in [1.82, 2.24) is 20.0 Å². The zero-order chi connectivity index (χ0) is 11.7. The molecule has 0 unspecified atom stereocenters. The van der Waals surface area contributed by atoms with E-state index in [1.165, 1.54) is 0 Å². The maximum Gasteiger partial charge on any atom is 0.0781 e. The number of pyridine rings is 1. The number of rotatable bonds is 2. The van der Waals surface area contributed by atoms with E-state index in [1.807, 2.05) is 30.5 Å². The van der Waals surface area contributed by atoms with Crippen molar-refractivity contribution in [2.75, 3.05) is 0 Å². The van der Waals surface area contributed by atoms with Gasteiger partial charge < -0.3 is 5.73 Å². The van der Waals surface area contributed by atoms with Crippen LogP contribution in [0.5, 0.6) is 0 Å². The molecule has 17 heavy (non-hydrogen) atoms. The number of benzene rings is 1. The lowest BCUT2D eigenvalue weighted by Gasteiger charge is -2.07. The Bertz CT molecular complexity index is 653. The van der Waals surface area contributed by atoms with Crippen LogP contribution < -0.4 is 5.73 Å². The van der Waals surface area contributed by atoms with Gasteiger partial charge in [0.1, 0.15) is 0 Å². The summed E-state index contributed by atoms with van der Waals surface area (Å²) in [5.74, 6) is 0. The van der Waals surface area contributed by atoms with Crippen molar-refractivity contribution in [3.8, 4) is 5.69 Å². The fourth-order valence-corrected chi connectivity index (χ4v) is 1.88. The molecule has 0 aliphatic heterocycles. The summed E-state index contributed by atoms with van der Waals surface area (Å²) in [5.41, 5.74) is 7.49. The zero-order valence-electron chi connectivity index (χ0n) is 9.11. The quantitative estimate of drug-likeness (QED) is 0.713. The molecule has 0 spiro atoms. The van der Waals surface area contributed by atoms with Gasteiger partial charge in [-0.15, -0.1) is 5.10 Å². The molecule has 0 atom stereocenters. The molecule has 5 heteroatoms. The molecule has 0 aliphatic rings. The first-order valence-corrected chi connectivity index (χ1v) is 5.33. The fraction of sp³-hybridized carbons (Fsp3) is 0.0833. The highest BCUT2D eigenvalue weighted by molar-refractivity contribution is 5.89. The van der Waals surface area contributed by atoms with Gasteiger partial charge in [-0.3, -0.25) is 4.98 Å². The van der Waals surface area contributed by atoms with E-state index in [2.05, 4.69) is 15.3 Å². The van der Waals surface area contributed by atoms with Crippen molar-refractivity contribution < 1.29 is 0 Å². The van der Waals surface area contributed by atoms with Gasteiger partial charge in [-0.1, -0.05) is 17.3 Å². The number of nitrogens with zero attached hydrogens (tertiary/aromatic N) is 4. The summed E-state index contributed by atoms with van der Waals surface area (Å²) < 4.78 is 1.75. The summed E-state index contributed by atoms with van der Waals surface area (Å²) in [6.07, 6.45) is 5.28. The molecule has 2 aromatic heterocycles. The van der Waals surface area contributed by atoms with Crippen LogP contribution in [-0.4, -0.2) is 20.0 Å². The van der Waals surface area contributed by atoms with Crippen LogP contribution in [0.1, 0.15) is 5.69 Å². The Morgan fingerprint density at radius 2 is 2.12 bits per heavy atom. The Morgan fingerprint density at radius 3 is 3.00 bits per heavy atom. The second-order valence-corrected chi connectivity index (χ2v) is 3.72. The Morgan fingerprint density at radius 1 is 1.18 bits per heavy atom. The Balaban J connectivity index is 2.31. The van der Waals surface area contributed by atoms with Crippen LogP contribution in [-0.2, 0) is 6.54 Å². The molecule has 1 aromatic carbocycles. The second-order valence-electron chi connectivity index (χ2n) is 3.72. The number of hydrogen-bond donors (Lipinski definition) is 1. The topological polar surface area (TPSA) is 69.6 Å². The summed E-state index contributed by atoms with van der Waals surface area (Å²) in [6.45, 7) is 0.406. The number of hydrogen-bond acceptors (Lipinski definition) is 4. The van der Waals surface area contributed by atoms with Crippen molar-refractivity contribution >= 4 is 10.8 Å². The van der Waals surface area contributed by atoms with Crippen molar-refractivity contribution in [3.05, 3.63) is 48.5 Å². The van der Waals surface area contributed by atoms with Crippen molar-refractivity contribution in [1.29, 1.82) is 0 Å². The lowest BCUT2D eigenvalue weighted by molar-refractivity contribution is 0.766. The van der Waals surface area contributed by atoms with E-state index < -0.39 is 0 Å². The van der Waals surface area contributed by atoms with Gasteiger partial charge in [0.25, 0.3) is 0 Å². The number of nitrogens with two attached hydrogens (primary N) is 1. The van der Waals surface area contributed by atoms with E-state index in [9.17, 15) is 0 Å². The van der Waals surface area contributed by atoms with E-state index in [1.54, 1.807) is 17.1 Å². The first-order chi connectivity index (χ1) is 8.40. The van der Waals surface area contributed by atoms with Gasteiger partial charge in [0.2, 0.25) is 0 Å². The third kappa shape index (κ3) is 1.57. The largest absolute Gasteiger partial charge is 0.325 e. The molecule has 0 fully saturated rings. The molecular formula is C12H11N5. The molecule has 0 bridgehead atoms. The van der Waals surface area contributed by atoms with Gasteiger partial charge in [-0.25, -0.2) is 4.68 Å². The first-order valence-electron chi connectivity index (χ1n) is 5.33. The molecule has 5 nitrogen and oxygen atoms in total. The highest BCUT2D eigenvalue weighted by Gasteiger charge is 2.07. The van der Waals surface area contributed by atoms with Crippen molar-refractivity contribution in [2.24, 2.45) is 5.73 Å². The van der Waals surface area contributed by atoms with Gasteiger partial charge in [0.05, 0.1) is 17.6 Å². The fourth-order valence-electron chi connectivity index (χ4n) is 1.88. The highest BCUT2D eigenvalue weighted by Crippen LogP contribution is 2.21. The monoisotopic (exact) mass is 225 g/mol. The third-order valence-electron chi connectivity index (χ3n) is 2.72. The average molecular weight is 225 g/mol. The molecule has 0 amide bonds. The zero-order valence-corrected chi connectivity index (χ0v) is 9.11. The predicted octanol–water partition coefficient (Wildman–Crippen LogP) is 1.27. The van der Waals surface area contributed by atoms with E-state index in [4.69, 9.17) is 5.73 Å². The maximum absolute atomic E-state index is 5.66. The lowest BCUT2D eigenvalue weighted by atomic mass is 10.1. The smallest absolute Gasteiger partial charge is 0.0781 e. The Hall–Kier alpha value is -2.27. The normalized spacial score (nSPS) is 10.9. The van der Waals surface area contributed by atoms with Crippen LogP contribution in [0.15, 0.2) is 42.9 Å². The minimum absolute atomic E-state index is 0.406. The SMILES string of the molecule is NCc1cnnn1-c1cccc2ccncc12. The first kappa shape index (κ1) is 9.92. The van der Waals surface area contributed by atoms with Gasteiger partial charge in [0, 0.05) is 24.3 Å². The summed E-state index contributed by atoms with van der Waals surface area (Å²) >= 11 is 0. The average Bonchev–Trinajstić information content (AvgIpc) is 2.86. The number of aromatic nitrogens is 4. The van der Waals surface area contributed by atoms with Crippen LogP contribution in [0.4, 0.5) is 0 Å². The molecule has 0 aliphatic carbocycles. The minimum Gasteiger partial charge on any atom is -0.325 e. The van der Waals surface area contributed by atoms with E-state index in [0.717, 1.165) is 22.2 Å². The van der Waals surface area contributed by atoms with Crippen molar-refractivity contribution in [3.63, 3.8) is 0 Å². The molecule has 3 rings (SSSR count). The number of fused-ring (bicyclic) bond motifs is 1. The lowest BCUT2D eigenvalue weighted by Crippen LogP contribution is -2.07. The Labute approximate surface area is 97.9 Å². The molecule has 84 valence electrons. The molecule has 2 heterocycles. The van der Waals surface area contributed by atoms with Gasteiger partial charge in [-0.2, -0.15) is 0 Å². The standard InChI is InChI=1S/C12H11N5/c13-6-10-7-15-16-17(10)12-3-1-2-9-4-5-14-8-11(9)12/h1-5,7-8H,6,13H2. The van der Waals surface area contributed by atoms with Gasteiger partial charge in [0.15, 0.2) is 0 Å². The predicted molar refractivity (Wildman–Crippen MR) is 64.6 cm³/mol. The summed E-state index contributed by atoms with van der Waals surface area (Å²) in [4.78, 5) is 4.15. The van der Waals surface area contributed by atoms with Crippen LogP contribution in [0.2, 0.25) is 0 Å². The highest BCUT2D eigenvalue weighted by atomic mass is 15.4. The van der Waals surface area contributed by atoms with Crippen LogP contribution in [0.25, 0.3) is 16.5 Å². The summed E-state index contributed by atoms with van der Waals surface area (Å²) in [5, 5.41) is 10.1. The Kier molecular flexibility index (Phi) is 2.31. The molecule has 0 radical (unpaired) electrons. The van der Waals surface area contributed by atoms with Crippen LogP contribution in [0, 0.1) is 0 Å². The second kappa shape index (κ2) is 3.95. The maximum atomic E-state index is 5.66. The molecule has 0 saturated heterocycles. The van der Waals surface area contributed by atoms with Crippen molar-refractivity contribution in [2.45, 2.75) is 6.54 Å². The minimum atomic E-state index is 0.406. The summed E-state index contributed by atoms with van der Waals surface area (Å²) in [6, 6.07) is 7.98. The third-order valence-corrected chi connectivity index (χ3v) is 2.72. The molecule has 2 N–H and O–H groups in total. The van der Waals surface area contributed by atoms with Crippen LogP contribution in [0.3, 0.4) is 0 Å². The van der Waals surface area contributed by atoms with E-state index in [-0.39, 0.29) is 0 Å². The van der Waals surface area contributed by atoms with Crippen LogP contribution >= 0.6 is 0 Å². The molecule has 0 saturated carbocycles. The van der Waals surface area contributed by atoms with Gasteiger partial charge >= 0.3 is 0 Å². The van der Waals surface area contributed by atoms with E-state index >= 15 is 0 Å². The van der Waals surface area contributed by atoms with E-state index in [0.29, 0.717) is 6.54 Å². The van der Waals surface area contributed by atoms with Gasteiger partial charge in [-0.05, 0) is 17.5 Å². The molecule has 3 aromatic rings.